The Morgan fingerprint density at radius 1 is 1.42 bits per heavy atom. The third-order valence-corrected chi connectivity index (χ3v) is 2.04. The van der Waals surface area contributed by atoms with Gasteiger partial charge in [-0.3, -0.25) is 0 Å². The van der Waals surface area contributed by atoms with Crippen molar-refractivity contribution in [3.05, 3.63) is 0 Å². The van der Waals surface area contributed by atoms with Crippen LogP contribution in [0, 0.1) is 0 Å². The molecule has 1 saturated carbocycles. The van der Waals surface area contributed by atoms with Crippen LogP contribution in [-0.4, -0.2) is 24.9 Å². The SMILES string of the molecule is O=CCNC(=O)NC1CCCC1. The van der Waals surface area contributed by atoms with Crippen molar-refractivity contribution in [3.63, 3.8) is 0 Å². The summed E-state index contributed by atoms with van der Waals surface area (Å²) >= 11 is 0. The Morgan fingerprint density at radius 3 is 2.67 bits per heavy atom. The van der Waals surface area contributed by atoms with Gasteiger partial charge in [0.2, 0.25) is 0 Å². The Hall–Kier alpha value is -1.06. The van der Waals surface area contributed by atoms with Gasteiger partial charge in [0.05, 0.1) is 6.54 Å². The summed E-state index contributed by atoms with van der Waals surface area (Å²) in [5.74, 6) is 0. The fourth-order valence-electron chi connectivity index (χ4n) is 1.44. The second-order valence-corrected chi connectivity index (χ2v) is 3.00. The maximum absolute atomic E-state index is 11.0. The highest BCUT2D eigenvalue weighted by Crippen LogP contribution is 2.17. The average molecular weight is 170 g/mol. The summed E-state index contributed by atoms with van der Waals surface area (Å²) in [6, 6.07) is 0.0886. The van der Waals surface area contributed by atoms with Gasteiger partial charge >= 0.3 is 6.03 Å². The third kappa shape index (κ3) is 2.90. The molecule has 0 heterocycles. The molecule has 1 fully saturated rings. The summed E-state index contributed by atoms with van der Waals surface area (Å²) in [4.78, 5) is 20.9. The molecular formula is C8H14N2O2. The molecule has 0 atom stereocenters. The molecule has 0 aromatic heterocycles. The predicted molar refractivity (Wildman–Crippen MR) is 44.9 cm³/mol. The van der Waals surface area contributed by atoms with Crippen LogP contribution in [0.15, 0.2) is 0 Å². The number of hydrogen-bond acceptors (Lipinski definition) is 2. The summed E-state index contributed by atoms with van der Waals surface area (Å²) in [7, 11) is 0. The molecule has 1 aliphatic rings. The third-order valence-electron chi connectivity index (χ3n) is 2.04. The van der Waals surface area contributed by atoms with Gasteiger partial charge in [-0.1, -0.05) is 12.8 Å². The van der Waals surface area contributed by atoms with Crippen LogP contribution in [0.3, 0.4) is 0 Å². The summed E-state index contributed by atoms with van der Waals surface area (Å²) in [6.45, 7) is 0.0958. The minimum absolute atomic E-state index is 0.0958. The van der Waals surface area contributed by atoms with E-state index in [1.165, 1.54) is 12.8 Å². The van der Waals surface area contributed by atoms with E-state index in [4.69, 9.17) is 0 Å². The van der Waals surface area contributed by atoms with E-state index in [9.17, 15) is 9.59 Å². The van der Waals surface area contributed by atoms with Gasteiger partial charge in [0, 0.05) is 6.04 Å². The van der Waals surface area contributed by atoms with E-state index in [1.54, 1.807) is 0 Å². The molecule has 2 amide bonds. The summed E-state index contributed by atoms with van der Waals surface area (Å²) < 4.78 is 0. The number of rotatable bonds is 3. The molecule has 0 spiro atoms. The van der Waals surface area contributed by atoms with Crippen LogP contribution in [0.5, 0.6) is 0 Å². The number of amides is 2. The second-order valence-electron chi connectivity index (χ2n) is 3.00. The van der Waals surface area contributed by atoms with Crippen molar-refractivity contribution in [2.45, 2.75) is 31.7 Å². The van der Waals surface area contributed by atoms with Crippen molar-refractivity contribution in [2.75, 3.05) is 6.54 Å². The van der Waals surface area contributed by atoms with Crippen LogP contribution in [0.2, 0.25) is 0 Å². The highest BCUT2D eigenvalue weighted by atomic mass is 16.2. The lowest BCUT2D eigenvalue weighted by Crippen LogP contribution is -2.41. The molecule has 1 aliphatic carbocycles. The fraction of sp³-hybridized carbons (Fsp3) is 0.750. The first-order valence-electron chi connectivity index (χ1n) is 4.31. The van der Waals surface area contributed by atoms with E-state index in [1.807, 2.05) is 0 Å². The molecule has 0 unspecified atom stereocenters. The first-order chi connectivity index (χ1) is 5.83. The molecule has 2 N–H and O–H groups in total. The van der Waals surface area contributed by atoms with Crippen LogP contribution in [0.4, 0.5) is 4.79 Å². The van der Waals surface area contributed by atoms with E-state index in [2.05, 4.69) is 10.6 Å². The fourth-order valence-corrected chi connectivity index (χ4v) is 1.44. The maximum Gasteiger partial charge on any atom is 0.315 e. The van der Waals surface area contributed by atoms with Crippen LogP contribution in [0.1, 0.15) is 25.7 Å². The van der Waals surface area contributed by atoms with Gasteiger partial charge in [0.1, 0.15) is 6.29 Å². The van der Waals surface area contributed by atoms with E-state index in [0.29, 0.717) is 12.3 Å². The normalized spacial score (nSPS) is 17.3. The van der Waals surface area contributed by atoms with Crippen LogP contribution in [0.25, 0.3) is 0 Å². The van der Waals surface area contributed by atoms with Gasteiger partial charge < -0.3 is 15.4 Å². The molecule has 4 nitrogen and oxygen atoms in total. The monoisotopic (exact) mass is 170 g/mol. The number of carbonyl (C=O) groups excluding carboxylic acids is 2. The molecule has 0 aliphatic heterocycles. The van der Waals surface area contributed by atoms with Crippen LogP contribution < -0.4 is 10.6 Å². The Balaban J connectivity index is 2.11. The number of aldehydes is 1. The van der Waals surface area contributed by atoms with E-state index < -0.39 is 0 Å². The lowest BCUT2D eigenvalue weighted by molar-refractivity contribution is -0.107. The Kier molecular flexibility index (Phi) is 3.57. The van der Waals surface area contributed by atoms with E-state index in [0.717, 1.165) is 12.8 Å². The largest absolute Gasteiger partial charge is 0.335 e. The molecule has 0 aromatic carbocycles. The van der Waals surface area contributed by atoms with E-state index in [-0.39, 0.29) is 12.6 Å². The quantitative estimate of drug-likeness (QED) is 0.603. The van der Waals surface area contributed by atoms with Crippen LogP contribution >= 0.6 is 0 Å². The number of nitrogens with one attached hydrogen (secondary N) is 2. The smallest absolute Gasteiger partial charge is 0.315 e. The van der Waals surface area contributed by atoms with Crippen molar-refractivity contribution in [2.24, 2.45) is 0 Å². The van der Waals surface area contributed by atoms with Crippen molar-refractivity contribution < 1.29 is 9.59 Å². The molecule has 0 radical (unpaired) electrons. The zero-order valence-corrected chi connectivity index (χ0v) is 7.01. The van der Waals surface area contributed by atoms with Crippen molar-refractivity contribution >= 4 is 12.3 Å². The minimum Gasteiger partial charge on any atom is -0.335 e. The number of hydrogen-bond donors (Lipinski definition) is 2. The average Bonchev–Trinajstić information content (AvgIpc) is 2.53. The number of urea groups is 1. The highest BCUT2D eigenvalue weighted by Gasteiger charge is 2.16. The standard InChI is InChI=1S/C8H14N2O2/c11-6-5-9-8(12)10-7-3-1-2-4-7/h6-7H,1-5H2,(H2,9,10,12). The first kappa shape index (κ1) is 9.03. The highest BCUT2D eigenvalue weighted by molar-refractivity contribution is 5.76. The Labute approximate surface area is 71.7 Å². The topological polar surface area (TPSA) is 58.2 Å². The van der Waals surface area contributed by atoms with Crippen molar-refractivity contribution in [3.8, 4) is 0 Å². The maximum atomic E-state index is 11.0. The predicted octanol–water partition coefficient (Wildman–Crippen LogP) is 0.427. The zero-order chi connectivity index (χ0) is 8.81. The van der Waals surface area contributed by atoms with E-state index >= 15 is 0 Å². The van der Waals surface area contributed by atoms with Crippen molar-refractivity contribution in [1.29, 1.82) is 0 Å². The molecule has 0 saturated heterocycles. The Morgan fingerprint density at radius 2 is 2.08 bits per heavy atom. The molecule has 68 valence electrons. The summed E-state index contributed by atoms with van der Waals surface area (Å²) in [5.41, 5.74) is 0. The minimum atomic E-state index is -0.228. The molecule has 0 bridgehead atoms. The lowest BCUT2D eigenvalue weighted by Gasteiger charge is -2.11. The second kappa shape index (κ2) is 4.74. The lowest BCUT2D eigenvalue weighted by atomic mass is 10.3. The first-order valence-corrected chi connectivity index (χ1v) is 4.31. The van der Waals surface area contributed by atoms with Gasteiger partial charge in [-0.05, 0) is 12.8 Å². The van der Waals surface area contributed by atoms with Gasteiger partial charge in [0.25, 0.3) is 0 Å². The summed E-state index contributed by atoms with van der Waals surface area (Å²) in [5, 5.41) is 5.25. The van der Waals surface area contributed by atoms with Crippen LogP contribution in [-0.2, 0) is 4.79 Å². The molecular weight excluding hydrogens is 156 g/mol. The van der Waals surface area contributed by atoms with Crippen molar-refractivity contribution in [1.82, 2.24) is 10.6 Å². The molecule has 0 aromatic rings. The molecule has 4 heteroatoms. The summed E-state index contributed by atoms with van der Waals surface area (Å²) in [6.07, 6.45) is 5.19. The molecule has 12 heavy (non-hydrogen) atoms. The Bertz CT molecular complexity index is 164. The van der Waals surface area contributed by atoms with Gasteiger partial charge in [0.15, 0.2) is 0 Å². The van der Waals surface area contributed by atoms with Gasteiger partial charge in [-0.25, -0.2) is 4.79 Å². The van der Waals surface area contributed by atoms with Gasteiger partial charge in [-0.15, -0.1) is 0 Å². The van der Waals surface area contributed by atoms with Gasteiger partial charge in [-0.2, -0.15) is 0 Å². The number of carbonyl (C=O) groups is 2. The molecule has 1 rings (SSSR count). The zero-order valence-electron chi connectivity index (χ0n) is 7.01.